The highest BCUT2D eigenvalue weighted by atomic mass is 16.5. The van der Waals surface area contributed by atoms with Gasteiger partial charge in [-0.1, -0.05) is 18.9 Å². The SMILES string of the molecule is Cc1cc(C)cc(OCC(=O)NCC2(O)CCCC2)c1. The summed E-state index contributed by atoms with van der Waals surface area (Å²) >= 11 is 0. The average molecular weight is 277 g/mol. The standard InChI is InChI=1S/C16H23NO3/c1-12-7-13(2)9-14(8-12)20-10-15(18)17-11-16(19)5-3-4-6-16/h7-9,19H,3-6,10-11H2,1-2H3,(H,17,18). The van der Waals surface area contributed by atoms with Gasteiger partial charge in [0.1, 0.15) is 5.75 Å². The Hall–Kier alpha value is -1.55. The molecule has 0 aliphatic heterocycles. The number of rotatable bonds is 5. The van der Waals surface area contributed by atoms with Gasteiger partial charge in [0.25, 0.3) is 5.91 Å². The van der Waals surface area contributed by atoms with E-state index in [0.29, 0.717) is 12.3 Å². The van der Waals surface area contributed by atoms with Crippen LogP contribution in [0.4, 0.5) is 0 Å². The highest BCUT2D eigenvalue weighted by Gasteiger charge is 2.31. The van der Waals surface area contributed by atoms with E-state index < -0.39 is 5.60 Å². The van der Waals surface area contributed by atoms with Crippen LogP contribution >= 0.6 is 0 Å². The fourth-order valence-corrected chi connectivity index (χ4v) is 2.69. The van der Waals surface area contributed by atoms with Gasteiger partial charge in [-0.2, -0.15) is 0 Å². The molecule has 1 aromatic rings. The zero-order valence-electron chi connectivity index (χ0n) is 12.2. The van der Waals surface area contributed by atoms with E-state index in [1.54, 1.807) is 0 Å². The summed E-state index contributed by atoms with van der Waals surface area (Å²) in [7, 11) is 0. The lowest BCUT2D eigenvalue weighted by atomic mass is 10.0. The van der Waals surface area contributed by atoms with Gasteiger partial charge in [-0.15, -0.1) is 0 Å². The van der Waals surface area contributed by atoms with Crippen molar-refractivity contribution in [2.75, 3.05) is 13.2 Å². The molecule has 1 aliphatic carbocycles. The molecule has 4 heteroatoms. The number of hydrogen-bond acceptors (Lipinski definition) is 3. The third-order valence-corrected chi connectivity index (χ3v) is 3.71. The minimum Gasteiger partial charge on any atom is -0.484 e. The maximum Gasteiger partial charge on any atom is 0.258 e. The molecule has 2 rings (SSSR count). The third kappa shape index (κ3) is 4.23. The first-order valence-corrected chi connectivity index (χ1v) is 7.17. The summed E-state index contributed by atoms with van der Waals surface area (Å²) in [6, 6.07) is 5.87. The Morgan fingerprint density at radius 2 is 1.85 bits per heavy atom. The average Bonchev–Trinajstić information content (AvgIpc) is 2.80. The van der Waals surface area contributed by atoms with E-state index >= 15 is 0 Å². The van der Waals surface area contributed by atoms with Gasteiger partial charge < -0.3 is 15.2 Å². The molecule has 4 nitrogen and oxygen atoms in total. The predicted octanol–water partition coefficient (Wildman–Crippen LogP) is 2.10. The van der Waals surface area contributed by atoms with Crippen LogP contribution in [-0.2, 0) is 4.79 Å². The molecule has 0 spiro atoms. The number of nitrogens with one attached hydrogen (secondary N) is 1. The van der Waals surface area contributed by atoms with Crippen LogP contribution in [0.5, 0.6) is 5.75 Å². The van der Waals surface area contributed by atoms with Crippen molar-refractivity contribution in [2.45, 2.75) is 45.1 Å². The lowest BCUT2D eigenvalue weighted by Gasteiger charge is -2.22. The summed E-state index contributed by atoms with van der Waals surface area (Å²) in [5.74, 6) is 0.515. The van der Waals surface area contributed by atoms with Crippen molar-refractivity contribution in [3.8, 4) is 5.75 Å². The second kappa shape index (κ2) is 6.27. The molecule has 1 aromatic carbocycles. The van der Waals surface area contributed by atoms with Gasteiger partial charge in [-0.05, 0) is 49.9 Å². The molecule has 0 saturated heterocycles. The minimum atomic E-state index is -0.713. The molecule has 1 saturated carbocycles. The smallest absolute Gasteiger partial charge is 0.258 e. The van der Waals surface area contributed by atoms with Gasteiger partial charge in [-0.3, -0.25) is 4.79 Å². The Morgan fingerprint density at radius 1 is 1.25 bits per heavy atom. The van der Waals surface area contributed by atoms with Gasteiger partial charge in [0.2, 0.25) is 0 Å². The fourth-order valence-electron chi connectivity index (χ4n) is 2.69. The number of carbonyl (C=O) groups is 1. The van der Waals surface area contributed by atoms with E-state index in [4.69, 9.17) is 4.74 Å². The largest absolute Gasteiger partial charge is 0.484 e. The van der Waals surface area contributed by atoms with Crippen LogP contribution in [0.25, 0.3) is 0 Å². The molecule has 0 unspecified atom stereocenters. The Balaban J connectivity index is 1.77. The second-order valence-electron chi connectivity index (χ2n) is 5.82. The quantitative estimate of drug-likeness (QED) is 0.866. The Bertz CT molecular complexity index is 458. The molecule has 2 N–H and O–H groups in total. The van der Waals surface area contributed by atoms with Crippen molar-refractivity contribution in [2.24, 2.45) is 0 Å². The van der Waals surface area contributed by atoms with Gasteiger partial charge in [-0.25, -0.2) is 0 Å². The Labute approximate surface area is 120 Å². The zero-order chi connectivity index (χ0) is 14.6. The molecule has 1 amide bonds. The molecule has 0 heterocycles. The highest BCUT2D eigenvalue weighted by molar-refractivity contribution is 5.77. The molecule has 0 aromatic heterocycles. The second-order valence-corrected chi connectivity index (χ2v) is 5.82. The van der Waals surface area contributed by atoms with Crippen LogP contribution < -0.4 is 10.1 Å². The van der Waals surface area contributed by atoms with Crippen LogP contribution in [0.3, 0.4) is 0 Å². The van der Waals surface area contributed by atoms with Crippen LogP contribution in [-0.4, -0.2) is 29.8 Å². The van der Waals surface area contributed by atoms with E-state index in [9.17, 15) is 9.90 Å². The lowest BCUT2D eigenvalue weighted by Crippen LogP contribution is -2.42. The van der Waals surface area contributed by atoms with Crippen molar-refractivity contribution >= 4 is 5.91 Å². The molecule has 0 radical (unpaired) electrons. The Morgan fingerprint density at radius 3 is 2.45 bits per heavy atom. The zero-order valence-corrected chi connectivity index (χ0v) is 12.2. The topological polar surface area (TPSA) is 58.6 Å². The fraction of sp³-hybridized carbons (Fsp3) is 0.562. The lowest BCUT2D eigenvalue weighted by molar-refractivity contribution is -0.124. The molecule has 0 atom stereocenters. The molecule has 110 valence electrons. The van der Waals surface area contributed by atoms with E-state index in [1.807, 2.05) is 26.0 Å². The maximum absolute atomic E-state index is 11.7. The third-order valence-electron chi connectivity index (χ3n) is 3.71. The number of benzene rings is 1. The van der Waals surface area contributed by atoms with Gasteiger partial charge >= 0.3 is 0 Å². The van der Waals surface area contributed by atoms with Gasteiger partial charge in [0.15, 0.2) is 6.61 Å². The summed E-state index contributed by atoms with van der Waals surface area (Å²) in [6.45, 7) is 4.30. The first-order valence-electron chi connectivity index (χ1n) is 7.17. The Kier molecular flexibility index (Phi) is 4.65. The molecule has 0 bridgehead atoms. The molecule has 1 fully saturated rings. The van der Waals surface area contributed by atoms with Crippen molar-refractivity contribution in [3.63, 3.8) is 0 Å². The van der Waals surface area contributed by atoms with E-state index in [2.05, 4.69) is 11.4 Å². The predicted molar refractivity (Wildman–Crippen MR) is 77.8 cm³/mol. The summed E-state index contributed by atoms with van der Waals surface area (Å²) in [5, 5.41) is 12.9. The first-order chi connectivity index (χ1) is 9.47. The van der Waals surface area contributed by atoms with Crippen LogP contribution in [0.2, 0.25) is 0 Å². The monoisotopic (exact) mass is 277 g/mol. The van der Waals surface area contributed by atoms with Gasteiger partial charge in [0.05, 0.1) is 5.60 Å². The van der Waals surface area contributed by atoms with Crippen LogP contribution in [0, 0.1) is 13.8 Å². The van der Waals surface area contributed by atoms with Crippen molar-refractivity contribution in [1.29, 1.82) is 0 Å². The molecule has 1 aliphatic rings. The number of aliphatic hydroxyl groups is 1. The van der Waals surface area contributed by atoms with Gasteiger partial charge in [0, 0.05) is 6.54 Å². The van der Waals surface area contributed by atoms with Crippen LogP contribution in [0.15, 0.2) is 18.2 Å². The summed E-state index contributed by atoms with van der Waals surface area (Å²) in [5.41, 5.74) is 1.51. The molecular formula is C16H23NO3. The van der Waals surface area contributed by atoms with E-state index in [-0.39, 0.29) is 12.5 Å². The maximum atomic E-state index is 11.7. The summed E-state index contributed by atoms with van der Waals surface area (Å²) in [6.07, 6.45) is 3.60. The summed E-state index contributed by atoms with van der Waals surface area (Å²) in [4.78, 5) is 11.7. The van der Waals surface area contributed by atoms with E-state index in [0.717, 1.165) is 36.8 Å². The first kappa shape index (κ1) is 14.9. The van der Waals surface area contributed by atoms with Crippen molar-refractivity contribution in [1.82, 2.24) is 5.32 Å². The molecular weight excluding hydrogens is 254 g/mol. The molecule has 20 heavy (non-hydrogen) atoms. The number of hydrogen-bond donors (Lipinski definition) is 2. The van der Waals surface area contributed by atoms with Crippen LogP contribution in [0.1, 0.15) is 36.8 Å². The van der Waals surface area contributed by atoms with Crippen molar-refractivity contribution in [3.05, 3.63) is 29.3 Å². The normalized spacial score (nSPS) is 16.9. The highest BCUT2D eigenvalue weighted by Crippen LogP contribution is 2.28. The number of amides is 1. The number of aryl methyl sites for hydroxylation is 2. The number of carbonyl (C=O) groups excluding carboxylic acids is 1. The number of ether oxygens (including phenoxy) is 1. The van der Waals surface area contributed by atoms with Crippen molar-refractivity contribution < 1.29 is 14.6 Å². The minimum absolute atomic E-state index is 0.0149. The van der Waals surface area contributed by atoms with E-state index in [1.165, 1.54) is 0 Å². The summed E-state index contributed by atoms with van der Waals surface area (Å²) < 4.78 is 5.48.